The molecule has 1 aromatic heterocycles. The van der Waals surface area contributed by atoms with E-state index >= 15 is 0 Å². The SMILES string of the molecule is COc1ccc2c(c1)c(CCN(C)C)cn2COP(=O)(OCOC(=O)OC(C)(C)C)OCOC(=O)OC(C)(C)C. The van der Waals surface area contributed by atoms with Crippen LogP contribution in [-0.4, -0.2) is 74.3 Å². The van der Waals surface area contributed by atoms with Crippen molar-refractivity contribution in [2.24, 2.45) is 0 Å². The molecule has 0 bridgehead atoms. The van der Waals surface area contributed by atoms with E-state index < -0.39 is 44.9 Å². The minimum atomic E-state index is -4.43. The third-order valence-electron chi connectivity index (χ3n) is 4.91. The van der Waals surface area contributed by atoms with Gasteiger partial charge in [-0.25, -0.2) is 23.2 Å². The van der Waals surface area contributed by atoms with Gasteiger partial charge in [0, 0.05) is 18.1 Å². The maximum absolute atomic E-state index is 13.4. The molecule has 0 spiro atoms. The van der Waals surface area contributed by atoms with Gasteiger partial charge in [0.1, 0.15) is 23.7 Å². The second-order valence-electron chi connectivity index (χ2n) is 11.0. The van der Waals surface area contributed by atoms with E-state index in [1.54, 1.807) is 59.3 Å². The van der Waals surface area contributed by atoms with Gasteiger partial charge in [0.05, 0.1) is 12.6 Å². The van der Waals surface area contributed by atoms with Crippen molar-refractivity contribution in [2.45, 2.75) is 65.9 Å². The first-order valence-electron chi connectivity index (χ1n) is 12.6. The average Bonchev–Trinajstić information content (AvgIpc) is 3.16. The van der Waals surface area contributed by atoms with Gasteiger partial charge in [0.2, 0.25) is 13.6 Å². The van der Waals surface area contributed by atoms with Crippen LogP contribution >= 0.6 is 7.82 Å². The molecule has 40 heavy (non-hydrogen) atoms. The Morgan fingerprint density at radius 1 is 0.900 bits per heavy atom. The molecule has 1 aromatic carbocycles. The number of nitrogens with zero attached hydrogens (tertiary/aromatic N) is 2. The fraction of sp³-hybridized carbons (Fsp3) is 0.615. The molecule has 0 fully saturated rings. The zero-order valence-electron chi connectivity index (χ0n) is 24.7. The van der Waals surface area contributed by atoms with Crippen LogP contribution in [0.25, 0.3) is 10.9 Å². The van der Waals surface area contributed by atoms with E-state index in [0.717, 1.165) is 29.4 Å². The number of fused-ring (bicyclic) bond motifs is 1. The maximum Gasteiger partial charge on any atom is 0.510 e. The van der Waals surface area contributed by atoms with Gasteiger partial charge in [0.25, 0.3) is 0 Å². The van der Waals surface area contributed by atoms with Crippen molar-refractivity contribution in [1.29, 1.82) is 0 Å². The quantitative estimate of drug-likeness (QED) is 0.162. The van der Waals surface area contributed by atoms with Crippen molar-refractivity contribution in [3.05, 3.63) is 30.0 Å². The van der Waals surface area contributed by atoms with Gasteiger partial charge in [-0.15, -0.1) is 0 Å². The van der Waals surface area contributed by atoms with Crippen LogP contribution in [-0.2, 0) is 50.2 Å². The van der Waals surface area contributed by atoms with Gasteiger partial charge in [-0.05, 0) is 85.8 Å². The van der Waals surface area contributed by atoms with E-state index in [4.69, 9.17) is 37.3 Å². The molecule has 0 N–H and O–H groups in total. The summed E-state index contributed by atoms with van der Waals surface area (Å²) in [5.74, 6) is 0.688. The summed E-state index contributed by atoms with van der Waals surface area (Å²) in [6.07, 6.45) is 0.522. The first-order valence-corrected chi connectivity index (χ1v) is 14.0. The predicted octanol–water partition coefficient (Wildman–Crippen LogP) is 5.69. The van der Waals surface area contributed by atoms with Gasteiger partial charge < -0.3 is 33.2 Å². The standard InChI is InChI=1S/C26H41N2O11P/c1-25(2,3)38-23(29)33-17-36-40(31,37-18-34-24(30)39-26(4,5)6)35-16-28-15-19(12-13-27(7)8)21-14-20(32-9)10-11-22(21)28/h10-11,14-15H,12-13,16-18H2,1-9H3. The third-order valence-corrected chi connectivity index (χ3v) is 6.18. The van der Waals surface area contributed by atoms with Gasteiger partial charge in [0.15, 0.2) is 0 Å². The number of aromatic nitrogens is 1. The molecule has 2 rings (SSSR count). The van der Waals surface area contributed by atoms with Gasteiger partial charge in [-0.2, -0.15) is 0 Å². The van der Waals surface area contributed by atoms with Crippen LogP contribution < -0.4 is 4.74 Å². The summed E-state index contributed by atoms with van der Waals surface area (Å²) in [6.45, 7) is 8.86. The summed E-state index contributed by atoms with van der Waals surface area (Å²) < 4.78 is 56.1. The molecule has 14 heteroatoms. The Balaban J connectivity index is 2.18. The van der Waals surface area contributed by atoms with Gasteiger partial charge in [-0.3, -0.25) is 4.52 Å². The summed E-state index contributed by atoms with van der Waals surface area (Å²) >= 11 is 0. The molecular formula is C26H41N2O11P. The minimum Gasteiger partial charge on any atom is -0.497 e. The molecule has 0 atom stereocenters. The second-order valence-corrected chi connectivity index (χ2v) is 12.6. The van der Waals surface area contributed by atoms with Crippen molar-refractivity contribution in [3.63, 3.8) is 0 Å². The Hall–Kier alpha value is -2.83. The molecule has 1 heterocycles. The van der Waals surface area contributed by atoms with E-state index in [0.29, 0.717) is 5.75 Å². The summed E-state index contributed by atoms with van der Waals surface area (Å²) in [4.78, 5) is 25.8. The zero-order chi connectivity index (χ0) is 30.1. The molecule has 0 radical (unpaired) electrons. The molecule has 0 aliphatic heterocycles. The molecule has 2 aromatic rings. The van der Waals surface area contributed by atoms with Crippen molar-refractivity contribution in [3.8, 4) is 5.75 Å². The number of carbonyl (C=O) groups excluding carboxylic acids is 2. The smallest absolute Gasteiger partial charge is 0.497 e. The molecule has 0 aliphatic carbocycles. The van der Waals surface area contributed by atoms with Crippen LogP contribution in [0.5, 0.6) is 5.75 Å². The minimum absolute atomic E-state index is 0.263. The third kappa shape index (κ3) is 11.7. The lowest BCUT2D eigenvalue weighted by Crippen LogP contribution is -2.25. The number of methoxy groups -OCH3 is 1. The Morgan fingerprint density at radius 3 is 1.93 bits per heavy atom. The van der Waals surface area contributed by atoms with Gasteiger partial charge >= 0.3 is 20.1 Å². The maximum atomic E-state index is 13.4. The predicted molar refractivity (Wildman–Crippen MR) is 146 cm³/mol. The highest BCUT2D eigenvalue weighted by molar-refractivity contribution is 7.48. The first kappa shape index (κ1) is 33.4. The zero-order valence-corrected chi connectivity index (χ0v) is 25.6. The van der Waals surface area contributed by atoms with Crippen molar-refractivity contribution >= 4 is 31.0 Å². The number of ether oxygens (including phenoxy) is 5. The number of likely N-dealkylation sites (N-methyl/N-ethyl adjacent to an activating group) is 1. The van der Waals surface area contributed by atoms with E-state index in [-0.39, 0.29) is 6.73 Å². The molecule has 0 amide bonds. The number of benzene rings is 1. The molecule has 0 saturated carbocycles. The Labute approximate surface area is 235 Å². The van der Waals surface area contributed by atoms with Gasteiger partial charge in [-0.1, -0.05) is 0 Å². The average molecular weight is 589 g/mol. The monoisotopic (exact) mass is 588 g/mol. The lowest BCUT2D eigenvalue weighted by Gasteiger charge is -2.21. The van der Waals surface area contributed by atoms with Crippen molar-refractivity contribution in [2.75, 3.05) is 41.3 Å². The lowest BCUT2D eigenvalue weighted by atomic mass is 10.1. The Kier molecular flexibility index (Phi) is 11.8. The number of phosphoric ester groups is 1. The van der Waals surface area contributed by atoms with Crippen LogP contribution in [0.15, 0.2) is 24.4 Å². The van der Waals surface area contributed by atoms with Crippen molar-refractivity contribution < 1.29 is 51.4 Å². The number of hydrogen-bond acceptors (Lipinski definition) is 12. The highest BCUT2D eigenvalue weighted by Crippen LogP contribution is 2.50. The normalized spacial score (nSPS) is 12.4. The lowest BCUT2D eigenvalue weighted by molar-refractivity contribution is -0.0641. The van der Waals surface area contributed by atoms with Crippen LogP contribution in [0.2, 0.25) is 0 Å². The van der Waals surface area contributed by atoms with Crippen LogP contribution in [0.4, 0.5) is 9.59 Å². The van der Waals surface area contributed by atoms with E-state index in [9.17, 15) is 14.2 Å². The van der Waals surface area contributed by atoms with E-state index in [1.165, 1.54) is 0 Å². The molecule has 0 aliphatic rings. The summed E-state index contributed by atoms with van der Waals surface area (Å²) in [7, 11) is 1.11. The summed E-state index contributed by atoms with van der Waals surface area (Å²) in [5, 5.41) is 0.933. The largest absolute Gasteiger partial charge is 0.510 e. The highest BCUT2D eigenvalue weighted by Gasteiger charge is 2.30. The molecule has 13 nitrogen and oxygen atoms in total. The number of carbonyl (C=O) groups is 2. The molecule has 0 saturated heterocycles. The molecular weight excluding hydrogens is 547 g/mol. The van der Waals surface area contributed by atoms with Crippen molar-refractivity contribution in [1.82, 2.24) is 9.47 Å². The van der Waals surface area contributed by atoms with Crippen LogP contribution in [0.1, 0.15) is 47.1 Å². The Morgan fingerprint density at radius 2 is 1.45 bits per heavy atom. The summed E-state index contributed by atoms with van der Waals surface area (Å²) in [6, 6.07) is 5.55. The highest BCUT2D eigenvalue weighted by atomic mass is 31.2. The fourth-order valence-electron chi connectivity index (χ4n) is 3.21. The van der Waals surface area contributed by atoms with E-state index in [2.05, 4.69) is 4.90 Å². The topological polar surface area (TPSA) is 133 Å². The van der Waals surface area contributed by atoms with E-state index in [1.807, 2.05) is 32.4 Å². The number of phosphoric acid groups is 1. The van der Waals surface area contributed by atoms with Crippen LogP contribution in [0.3, 0.4) is 0 Å². The molecule has 226 valence electrons. The Bertz CT molecular complexity index is 1140. The first-order chi connectivity index (χ1) is 18.5. The number of rotatable bonds is 13. The number of hydrogen-bond donors (Lipinski definition) is 0. The fourth-order valence-corrected chi connectivity index (χ4v) is 4.06. The summed E-state index contributed by atoms with van der Waals surface area (Å²) in [5.41, 5.74) is 0.190. The molecule has 0 unspecified atom stereocenters. The van der Waals surface area contributed by atoms with Crippen LogP contribution in [0, 0.1) is 0 Å². The second kappa shape index (κ2) is 14.2.